The molecule has 0 aliphatic carbocycles. The number of carbonyl (C=O) groups excluding carboxylic acids is 1. The number of hydrogen-bond acceptors (Lipinski definition) is 5. The predicted molar refractivity (Wildman–Crippen MR) is 112 cm³/mol. The number of halogens is 1. The number of nitrogens with zero attached hydrogens (tertiary/aromatic N) is 2. The molecular weight excluding hydrogens is 380 g/mol. The lowest BCUT2D eigenvalue weighted by molar-refractivity contribution is 0.112. The third-order valence-corrected chi connectivity index (χ3v) is 6.33. The first-order chi connectivity index (χ1) is 13.2. The van der Waals surface area contributed by atoms with Crippen molar-refractivity contribution < 1.29 is 9.53 Å². The van der Waals surface area contributed by atoms with E-state index in [1.54, 1.807) is 23.5 Å². The van der Waals surface area contributed by atoms with Crippen molar-refractivity contribution in [2.24, 2.45) is 5.92 Å². The number of fused-ring (bicyclic) bond motifs is 1. The van der Waals surface area contributed by atoms with E-state index in [1.165, 1.54) is 0 Å². The summed E-state index contributed by atoms with van der Waals surface area (Å²) < 4.78 is 6.96. The van der Waals surface area contributed by atoms with Gasteiger partial charge in [-0.1, -0.05) is 35.1 Å². The number of ether oxygens (including phenoxy) is 1. The zero-order chi connectivity index (χ0) is 18.6. The van der Waals surface area contributed by atoms with Crippen molar-refractivity contribution in [1.29, 1.82) is 0 Å². The third kappa shape index (κ3) is 4.42. The Morgan fingerprint density at radius 2 is 2.07 bits per heavy atom. The van der Waals surface area contributed by atoms with E-state index < -0.39 is 0 Å². The van der Waals surface area contributed by atoms with Gasteiger partial charge in [0.05, 0.1) is 16.8 Å². The summed E-state index contributed by atoms with van der Waals surface area (Å²) in [6.45, 7) is 2.74. The van der Waals surface area contributed by atoms with Gasteiger partial charge in [0.1, 0.15) is 12.0 Å². The Balaban J connectivity index is 1.27. The van der Waals surface area contributed by atoms with Gasteiger partial charge in [-0.25, -0.2) is 4.98 Å². The minimum Gasteiger partial charge on any atom is -0.494 e. The number of benzene rings is 2. The molecule has 2 heterocycles. The maximum atomic E-state index is 10.8. The number of aromatic nitrogens is 1. The van der Waals surface area contributed by atoms with Gasteiger partial charge in [0, 0.05) is 23.7 Å². The van der Waals surface area contributed by atoms with Crippen LogP contribution in [-0.4, -0.2) is 31.0 Å². The molecule has 2 aromatic carbocycles. The summed E-state index contributed by atoms with van der Waals surface area (Å²) in [5.74, 6) is 1.43. The van der Waals surface area contributed by atoms with Gasteiger partial charge in [0.15, 0.2) is 5.13 Å². The molecule has 0 unspecified atom stereocenters. The fourth-order valence-corrected chi connectivity index (χ4v) is 4.75. The van der Waals surface area contributed by atoms with Crippen molar-refractivity contribution in [2.75, 3.05) is 24.6 Å². The molecule has 1 aromatic heterocycles. The van der Waals surface area contributed by atoms with Crippen molar-refractivity contribution in [2.45, 2.75) is 19.3 Å². The summed E-state index contributed by atoms with van der Waals surface area (Å²) in [6, 6.07) is 13.2. The first-order valence-corrected chi connectivity index (χ1v) is 10.4. The molecule has 0 spiro atoms. The molecule has 4 nitrogen and oxygen atoms in total. The molecule has 0 radical (unpaired) electrons. The highest BCUT2D eigenvalue weighted by Crippen LogP contribution is 2.33. The van der Waals surface area contributed by atoms with E-state index in [9.17, 15) is 4.79 Å². The average molecular weight is 401 g/mol. The van der Waals surface area contributed by atoms with E-state index in [-0.39, 0.29) is 0 Å². The number of hydrogen-bond donors (Lipinski definition) is 0. The van der Waals surface area contributed by atoms with Crippen molar-refractivity contribution in [3.8, 4) is 5.75 Å². The number of aldehydes is 1. The van der Waals surface area contributed by atoms with Crippen molar-refractivity contribution in [1.82, 2.24) is 4.98 Å². The van der Waals surface area contributed by atoms with Gasteiger partial charge in [0.2, 0.25) is 0 Å². The molecule has 0 bridgehead atoms. The lowest BCUT2D eigenvalue weighted by atomic mass is 9.94. The minimum atomic E-state index is 0.651. The highest BCUT2D eigenvalue weighted by Gasteiger charge is 2.21. The second-order valence-electron chi connectivity index (χ2n) is 6.87. The Morgan fingerprint density at radius 3 is 2.89 bits per heavy atom. The summed E-state index contributed by atoms with van der Waals surface area (Å²) in [4.78, 5) is 18.0. The SMILES string of the molecule is O=Cc1cccc(OCCC2CCN(c3nc4ccc(Cl)cc4s3)CC2)c1. The highest BCUT2D eigenvalue weighted by molar-refractivity contribution is 7.22. The lowest BCUT2D eigenvalue weighted by Gasteiger charge is -2.31. The Hall–Kier alpha value is -2.11. The summed E-state index contributed by atoms with van der Waals surface area (Å²) in [7, 11) is 0. The van der Waals surface area contributed by atoms with Gasteiger partial charge in [-0.3, -0.25) is 4.79 Å². The Kier molecular flexibility index (Phi) is 5.60. The molecule has 0 amide bonds. The van der Waals surface area contributed by atoms with E-state index >= 15 is 0 Å². The van der Waals surface area contributed by atoms with Gasteiger partial charge in [-0.2, -0.15) is 0 Å². The molecule has 6 heteroatoms. The van der Waals surface area contributed by atoms with E-state index in [4.69, 9.17) is 21.3 Å². The largest absolute Gasteiger partial charge is 0.494 e. The van der Waals surface area contributed by atoms with Crippen LogP contribution in [0, 0.1) is 5.92 Å². The standard InChI is InChI=1S/C21H21ClN2O2S/c22-17-4-5-19-20(13-17)27-21(23-19)24-9-6-15(7-10-24)8-11-26-18-3-1-2-16(12-18)14-25/h1-5,12-15H,6-11H2. The lowest BCUT2D eigenvalue weighted by Crippen LogP contribution is -2.34. The molecule has 1 aliphatic heterocycles. The van der Waals surface area contributed by atoms with Crippen LogP contribution in [-0.2, 0) is 0 Å². The van der Waals surface area contributed by atoms with Gasteiger partial charge in [-0.15, -0.1) is 0 Å². The van der Waals surface area contributed by atoms with Crippen LogP contribution < -0.4 is 9.64 Å². The summed E-state index contributed by atoms with van der Waals surface area (Å²) in [5.41, 5.74) is 1.67. The molecule has 0 N–H and O–H groups in total. The smallest absolute Gasteiger partial charge is 0.186 e. The van der Waals surface area contributed by atoms with Crippen LogP contribution in [0.5, 0.6) is 5.75 Å². The topological polar surface area (TPSA) is 42.4 Å². The van der Waals surface area contributed by atoms with Crippen LogP contribution in [0.15, 0.2) is 42.5 Å². The van der Waals surface area contributed by atoms with E-state index in [0.717, 1.165) is 64.8 Å². The minimum absolute atomic E-state index is 0.651. The van der Waals surface area contributed by atoms with Crippen molar-refractivity contribution >= 4 is 44.6 Å². The van der Waals surface area contributed by atoms with Gasteiger partial charge in [0.25, 0.3) is 0 Å². The fraction of sp³-hybridized carbons (Fsp3) is 0.333. The molecule has 4 rings (SSSR count). The molecule has 0 saturated carbocycles. The average Bonchev–Trinajstić information content (AvgIpc) is 3.12. The third-order valence-electron chi connectivity index (χ3n) is 5.01. The zero-order valence-corrected chi connectivity index (χ0v) is 16.5. The van der Waals surface area contributed by atoms with Crippen LogP contribution in [0.1, 0.15) is 29.6 Å². The highest BCUT2D eigenvalue weighted by atomic mass is 35.5. The quantitative estimate of drug-likeness (QED) is 0.516. The molecule has 1 fully saturated rings. The van der Waals surface area contributed by atoms with Crippen molar-refractivity contribution in [3.05, 3.63) is 53.1 Å². The summed E-state index contributed by atoms with van der Waals surface area (Å²) in [6.07, 6.45) is 4.18. The normalized spacial score (nSPS) is 15.2. The monoisotopic (exact) mass is 400 g/mol. The second-order valence-corrected chi connectivity index (χ2v) is 8.31. The van der Waals surface area contributed by atoms with Gasteiger partial charge < -0.3 is 9.64 Å². The van der Waals surface area contributed by atoms with Gasteiger partial charge >= 0.3 is 0 Å². The molecule has 3 aromatic rings. The molecule has 140 valence electrons. The second kappa shape index (κ2) is 8.28. The Bertz CT molecular complexity index is 935. The number of piperidine rings is 1. The number of thiazole rings is 1. The van der Waals surface area contributed by atoms with Crippen LogP contribution >= 0.6 is 22.9 Å². The molecule has 27 heavy (non-hydrogen) atoms. The maximum absolute atomic E-state index is 10.8. The number of carbonyl (C=O) groups is 1. The number of anilines is 1. The predicted octanol–water partition coefficient (Wildman–Crippen LogP) is 5.45. The molecular formula is C21H21ClN2O2S. The number of rotatable bonds is 6. The zero-order valence-electron chi connectivity index (χ0n) is 14.9. The summed E-state index contributed by atoms with van der Waals surface area (Å²) >= 11 is 7.79. The summed E-state index contributed by atoms with van der Waals surface area (Å²) in [5, 5.41) is 1.85. The first-order valence-electron chi connectivity index (χ1n) is 9.20. The molecule has 1 aliphatic rings. The Labute approximate surface area is 167 Å². The van der Waals surface area contributed by atoms with E-state index in [2.05, 4.69) is 4.90 Å². The van der Waals surface area contributed by atoms with Crippen molar-refractivity contribution in [3.63, 3.8) is 0 Å². The van der Waals surface area contributed by atoms with Crippen LogP contribution in [0.2, 0.25) is 5.02 Å². The fourth-order valence-electron chi connectivity index (χ4n) is 3.46. The van der Waals surface area contributed by atoms with Crippen LogP contribution in [0.3, 0.4) is 0 Å². The first kappa shape index (κ1) is 18.3. The molecule has 0 atom stereocenters. The van der Waals surface area contributed by atoms with Crippen LogP contribution in [0.25, 0.3) is 10.2 Å². The maximum Gasteiger partial charge on any atom is 0.186 e. The van der Waals surface area contributed by atoms with Crippen LogP contribution in [0.4, 0.5) is 5.13 Å². The van der Waals surface area contributed by atoms with E-state index in [0.29, 0.717) is 18.1 Å². The van der Waals surface area contributed by atoms with Gasteiger partial charge in [-0.05, 0) is 55.5 Å². The Morgan fingerprint density at radius 1 is 1.22 bits per heavy atom. The van der Waals surface area contributed by atoms with E-state index in [1.807, 2.05) is 30.3 Å². The molecule has 1 saturated heterocycles.